The molecule has 1 amide bonds. The SMILES string of the molecule is O=C1OCC(c2ccc(F)c(F)c2)N1CCCCCCBr. The maximum absolute atomic E-state index is 13.3. The number of ether oxygens (including phenoxy) is 1. The van der Waals surface area contributed by atoms with E-state index >= 15 is 0 Å². The topological polar surface area (TPSA) is 29.5 Å². The van der Waals surface area contributed by atoms with Gasteiger partial charge in [-0.2, -0.15) is 0 Å². The highest BCUT2D eigenvalue weighted by atomic mass is 79.9. The van der Waals surface area contributed by atoms with Crippen LogP contribution in [0.4, 0.5) is 13.6 Å². The first-order valence-electron chi connectivity index (χ1n) is 7.08. The number of alkyl halides is 1. The molecule has 2 rings (SSSR count). The lowest BCUT2D eigenvalue weighted by Gasteiger charge is -2.21. The molecule has 21 heavy (non-hydrogen) atoms. The van der Waals surface area contributed by atoms with Crippen LogP contribution in [0.25, 0.3) is 0 Å². The maximum atomic E-state index is 13.3. The molecule has 1 unspecified atom stereocenters. The zero-order chi connectivity index (χ0) is 15.2. The minimum atomic E-state index is -0.899. The van der Waals surface area contributed by atoms with Gasteiger partial charge in [0.25, 0.3) is 0 Å². The van der Waals surface area contributed by atoms with Crippen molar-refractivity contribution < 1.29 is 18.3 Å². The Morgan fingerprint density at radius 1 is 1.19 bits per heavy atom. The van der Waals surface area contributed by atoms with Crippen LogP contribution < -0.4 is 0 Å². The Morgan fingerprint density at radius 3 is 2.67 bits per heavy atom. The number of halogens is 3. The fourth-order valence-corrected chi connectivity index (χ4v) is 2.82. The first-order chi connectivity index (χ1) is 10.1. The number of carbonyl (C=O) groups excluding carboxylic acids is 1. The van der Waals surface area contributed by atoms with Gasteiger partial charge >= 0.3 is 6.09 Å². The van der Waals surface area contributed by atoms with Crippen molar-refractivity contribution in [2.75, 3.05) is 18.5 Å². The lowest BCUT2D eigenvalue weighted by molar-refractivity contribution is 0.157. The standard InChI is InChI=1S/C15H18BrF2NO2/c16-7-3-1-2-4-8-19-14(10-21-15(19)20)11-5-6-12(17)13(18)9-11/h5-6,9,14H,1-4,7-8,10H2. The summed E-state index contributed by atoms with van der Waals surface area (Å²) >= 11 is 3.38. The number of carbonyl (C=O) groups is 1. The third kappa shape index (κ3) is 4.15. The molecule has 6 heteroatoms. The summed E-state index contributed by atoms with van der Waals surface area (Å²) in [5.41, 5.74) is 0.570. The van der Waals surface area contributed by atoms with Gasteiger partial charge in [-0.05, 0) is 30.5 Å². The molecule has 0 bridgehead atoms. The molecule has 0 aliphatic carbocycles. The third-order valence-corrected chi connectivity index (χ3v) is 4.15. The summed E-state index contributed by atoms with van der Waals surface area (Å²) in [6.45, 7) is 0.760. The van der Waals surface area contributed by atoms with Crippen molar-refractivity contribution in [3.05, 3.63) is 35.4 Å². The summed E-state index contributed by atoms with van der Waals surface area (Å²) in [5.74, 6) is -1.78. The number of cyclic esters (lactones) is 1. The minimum Gasteiger partial charge on any atom is -0.447 e. The van der Waals surface area contributed by atoms with E-state index in [1.165, 1.54) is 6.07 Å². The first-order valence-corrected chi connectivity index (χ1v) is 8.20. The number of hydrogen-bond acceptors (Lipinski definition) is 2. The van der Waals surface area contributed by atoms with Gasteiger partial charge < -0.3 is 4.74 Å². The number of unbranched alkanes of at least 4 members (excludes halogenated alkanes) is 3. The van der Waals surface area contributed by atoms with E-state index in [0.717, 1.165) is 43.1 Å². The number of nitrogens with zero attached hydrogens (tertiary/aromatic N) is 1. The van der Waals surface area contributed by atoms with Gasteiger partial charge in [0, 0.05) is 11.9 Å². The Morgan fingerprint density at radius 2 is 1.95 bits per heavy atom. The smallest absolute Gasteiger partial charge is 0.410 e. The van der Waals surface area contributed by atoms with Crippen molar-refractivity contribution in [3.8, 4) is 0 Å². The van der Waals surface area contributed by atoms with E-state index in [4.69, 9.17) is 4.74 Å². The first kappa shape index (κ1) is 16.2. The number of amides is 1. The van der Waals surface area contributed by atoms with Gasteiger partial charge in [0.05, 0.1) is 6.04 Å². The average Bonchev–Trinajstić information content (AvgIpc) is 2.83. The van der Waals surface area contributed by atoms with Crippen molar-refractivity contribution in [1.82, 2.24) is 4.90 Å². The van der Waals surface area contributed by atoms with Crippen LogP contribution in [0.5, 0.6) is 0 Å². The third-order valence-electron chi connectivity index (χ3n) is 3.59. The molecule has 3 nitrogen and oxygen atoms in total. The lowest BCUT2D eigenvalue weighted by atomic mass is 10.1. The van der Waals surface area contributed by atoms with E-state index in [2.05, 4.69) is 15.9 Å². The van der Waals surface area contributed by atoms with Gasteiger partial charge in [-0.15, -0.1) is 0 Å². The molecule has 0 saturated carbocycles. The van der Waals surface area contributed by atoms with Crippen LogP contribution in [0.3, 0.4) is 0 Å². The minimum absolute atomic E-state index is 0.186. The van der Waals surface area contributed by atoms with Gasteiger partial charge in [-0.25, -0.2) is 13.6 Å². The predicted molar refractivity (Wildman–Crippen MR) is 79.4 cm³/mol. The summed E-state index contributed by atoms with van der Waals surface area (Å²) in [4.78, 5) is 13.4. The molecule has 0 N–H and O–H groups in total. The molecule has 0 aromatic heterocycles. The molecule has 1 heterocycles. The lowest BCUT2D eigenvalue weighted by Crippen LogP contribution is -2.28. The zero-order valence-corrected chi connectivity index (χ0v) is 13.2. The fourth-order valence-electron chi connectivity index (χ4n) is 2.42. The quantitative estimate of drug-likeness (QED) is 0.531. The van der Waals surface area contributed by atoms with Crippen LogP contribution in [0, 0.1) is 11.6 Å². The van der Waals surface area contributed by atoms with E-state index in [1.54, 1.807) is 4.90 Å². The van der Waals surface area contributed by atoms with E-state index in [9.17, 15) is 13.6 Å². The molecular weight excluding hydrogens is 344 g/mol. The van der Waals surface area contributed by atoms with Crippen LogP contribution in [-0.2, 0) is 4.74 Å². The molecule has 1 aromatic rings. The van der Waals surface area contributed by atoms with E-state index in [1.807, 2.05) is 0 Å². The maximum Gasteiger partial charge on any atom is 0.410 e. The Hall–Kier alpha value is -1.17. The summed E-state index contributed by atoms with van der Waals surface area (Å²) < 4.78 is 31.4. The predicted octanol–water partition coefficient (Wildman–Crippen LogP) is 4.41. The van der Waals surface area contributed by atoms with Gasteiger partial charge in [-0.3, -0.25) is 4.90 Å². The Bertz CT molecular complexity index is 499. The number of benzene rings is 1. The van der Waals surface area contributed by atoms with Crippen LogP contribution in [0.15, 0.2) is 18.2 Å². The van der Waals surface area contributed by atoms with Crippen molar-refractivity contribution in [1.29, 1.82) is 0 Å². The van der Waals surface area contributed by atoms with Gasteiger partial charge in [0.2, 0.25) is 0 Å². The number of hydrogen-bond donors (Lipinski definition) is 0. The number of rotatable bonds is 7. The Labute approximate surface area is 131 Å². The fraction of sp³-hybridized carbons (Fsp3) is 0.533. The second-order valence-electron chi connectivity index (χ2n) is 5.06. The molecule has 116 valence electrons. The summed E-state index contributed by atoms with van der Waals surface area (Å²) in [6, 6.07) is 3.40. The van der Waals surface area contributed by atoms with Crippen molar-refractivity contribution >= 4 is 22.0 Å². The summed E-state index contributed by atoms with van der Waals surface area (Å²) in [6.07, 6.45) is 3.73. The normalized spacial score (nSPS) is 18.1. The van der Waals surface area contributed by atoms with Gasteiger partial charge in [0.1, 0.15) is 6.61 Å². The molecule has 1 fully saturated rings. The van der Waals surface area contributed by atoms with Crippen molar-refractivity contribution in [2.45, 2.75) is 31.7 Å². The Balaban J connectivity index is 1.97. The van der Waals surface area contributed by atoms with Gasteiger partial charge in [-0.1, -0.05) is 34.8 Å². The van der Waals surface area contributed by atoms with Crippen LogP contribution in [-0.4, -0.2) is 29.5 Å². The largest absolute Gasteiger partial charge is 0.447 e. The summed E-state index contributed by atoms with van der Waals surface area (Å²) in [7, 11) is 0. The van der Waals surface area contributed by atoms with Crippen LogP contribution in [0.2, 0.25) is 0 Å². The molecule has 1 saturated heterocycles. The van der Waals surface area contributed by atoms with Crippen LogP contribution in [0.1, 0.15) is 37.3 Å². The molecule has 0 radical (unpaired) electrons. The van der Waals surface area contributed by atoms with Crippen molar-refractivity contribution in [3.63, 3.8) is 0 Å². The molecule has 1 aromatic carbocycles. The van der Waals surface area contributed by atoms with Gasteiger partial charge in [0.15, 0.2) is 11.6 Å². The monoisotopic (exact) mass is 361 g/mol. The molecule has 1 aliphatic rings. The van der Waals surface area contributed by atoms with E-state index in [0.29, 0.717) is 12.1 Å². The summed E-state index contributed by atoms with van der Waals surface area (Å²) in [5, 5.41) is 0.982. The van der Waals surface area contributed by atoms with E-state index < -0.39 is 11.6 Å². The molecule has 0 spiro atoms. The molecular formula is C15H18BrF2NO2. The van der Waals surface area contributed by atoms with Crippen LogP contribution >= 0.6 is 15.9 Å². The second-order valence-corrected chi connectivity index (χ2v) is 5.86. The highest BCUT2D eigenvalue weighted by molar-refractivity contribution is 9.09. The van der Waals surface area contributed by atoms with Crippen molar-refractivity contribution in [2.24, 2.45) is 0 Å². The molecule has 1 atom stereocenters. The van der Waals surface area contributed by atoms with E-state index in [-0.39, 0.29) is 18.7 Å². The zero-order valence-electron chi connectivity index (χ0n) is 11.7. The molecule has 1 aliphatic heterocycles. The highest BCUT2D eigenvalue weighted by Crippen LogP contribution is 2.29. The highest BCUT2D eigenvalue weighted by Gasteiger charge is 2.33. The second kappa shape index (κ2) is 7.73. The Kier molecular flexibility index (Phi) is 5.96. The average molecular weight is 362 g/mol.